The van der Waals surface area contributed by atoms with Crippen LogP contribution in [-0.2, 0) is 19.0 Å². The number of nitrogens with one attached hydrogen (secondary N) is 3. The third-order valence-electron chi connectivity index (χ3n) is 6.30. The highest BCUT2D eigenvalue weighted by Crippen LogP contribution is 2.36. The Bertz CT molecular complexity index is 1120. The van der Waals surface area contributed by atoms with E-state index < -0.39 is 0 Å². The Balaban J connectivity index is 1.38. The third-order valence-corrected chi connectivity index (χ3v) is 6.30. The minimum Gasteiger partial charge on any atom is -0.487 e. The van der Waals surface area contributed by atoms with Crippen molar-refractivity contribution in [3.63, 3.8) is 0 Å². The van der Waals surface area contributed by atoms with E-state index >= 15 is 0 Å². The first kappa shape index (κ1) is 28.3. The van der Waals surface area contributed by atoms with E-state index in [-0.39, 0.29) is 56.0 Å². The average molecular weight is 544 g/mol. The van der Waals surface area contributed by atoms with E-state index in [0.717, 1.165) is 32.2 Å². The summed E-state index contributed by atoms with van der Waals surface area (Å²) in [4.78, 5) is 20.8. The number of carbonyl (C=O) groups excluding carboxylic acids is 1. The van der Waals surface area contributed by atoms with Gasteiger partial charge in [0.2, 0.25) is 0 Å². The van der Waals surface area contributed by atoms with Gasteiger partial charge in [0.05, 0.1) is 18.8 Å². The van der Waals surface area contributed by atoms with Gasteiger partial charge >= 0.3 is 5.97 Å². The van der Waals surface area contributed by atoms with Crippen LogP contribution in [0.4, 0.5) is 27.6 Å². The molecule has 0 spiro atoms. The average Bonchev–Trinajstić information content (AvgIpc) is 3.49. The number of halogens is 1. The molecule has 39 heavy (non-hydrogen) atoms. The molecule has 4 rings (SSSR count). The quantitative estimate of drug-likeness (QED) is 0.194. The van der Waals surface area contributed by atoms with Crippen molar-refractivity contribution in [1.29, 1.82) is 5.26 Å². The van der Waals surface area contributed by atoms with Gasteiger partial charge in [0.1, 0.15) is 36.8 Å². The molecule has 0 unspecified atom stereocenters. The number of nitrogens with zero attached hydrogens (tertiary/aromatic N) is 4. The van der Waals surface area contributed by atoms with Crippen LogP contribution in [0, 0.1) is 11.3 Å². The number of hydrogen-bond donors (Lipinski definition) is 3. The topological polar surface area (TPSA) is 143 Å². The van der Waals surface area contributed by atoms with Crippen molar-refractivity contribution in [1.82, 2.24) is 15.3 Å². The third kappa shape index (κ3) is 8.38. The molecule has 1 atom stereocenters. The van der Waals surface area contributed by atoms with Crippen LogP contribution in [0.3, 0.4) is 0 Å². The molecular formula is C26H34FN7O5. The second-order valence-corrected chi connectivity index (χ2v) is 9.16. The Morgan fingerprint density at radius 2 is 2.05 bits per heavy atom. The van der Waals surface area contributed by atoms with Crippen molar-refractivity contribution in [2.45, 2.75) is 37.8 Å². The number of hydrogen-bond acceptors (Lipinski definition) is 12. The number of rotatable bonds is 13. The molecule has 0 aliphatic carbocycles. The summed E-state index contributed by atoms with van der Waals surface area (Å²) < 4.78 is 36.7. The van der Waals surface area contributed by atoms with Crippen LogP contribution in [0.15, 0.2) is 24.4 Å². The minimum absolute atomic E-state index is 0.115. The zero-order valence-electron chi connectivity index (χ0n) is 22.0. The first-order valence-electron chi connectivity index (χ1n) is 13.1. The van der Waals surface area contributed by atoms with E-state index in [1.807, 2.05) is 6.07 Å². The van der Waals surface area contributed by atoms with E-state index in [1.54, 1.807) is 18.2 Å². The smallest absolute Gasteiger partial charge is 0.323 e. The summed E-state index contributed by atoms with van der Waals surface area (Å²) in [6.07, 6.45) is 4.78. The highest BCUT2D eigenvalue weighted by Gasteiger charge is 2.23. The Labute approximate surface area is 226 Å². The molecule has 12 nitrogen and oxygen atoms in total. The molecule has 0 saturated carbocycles. The minimum atomic E-state index is -0.255. The monoisotopic (exact) mass is 543 g/mol. The van der Waals surface area contributed by atoms with Gasteiger partial charge in [-0.05, 0) is 44.4 Å². The molecule has 2 saturated heterocycles. The van der Waals surface area contributed by atoms with Crippen molar-refractivity contribution in [2.75, 3.05) is 69.0 Å². The predicted octanol–water partition coefficient (Wildman–Crippen LogP) is 2.69. The van der Waals surface area contributed by atoms with Crippen molar-refractivity contribution < 1.29 is 28.2 Å². The van der Waals surface area contributed by atoms with E-state index in [9.17, 15) is 9.28 Å². The number of aromatic nitrogens is 2. The lowest BCUT2D eigenvalue weighted by atomic mass is 10.1. The lowest BCUT2D eigenvalue weighted by molar-refractivity contribution is -0.147. The maximum atomic E-state index is 14.5. The molecule has 2 aromatic heterocycles. The van der Waals surface area contributed by atoms with Crippen LogP contribution in [0.1, 0.15) is 31.2 Å². The molecule has 0 amide bonds. The molecule has 2 aliphatic heterocycles. The molecule has 13 heteroatoms. The van der Waals surface area contributed by atoms with Crippen LogP contribution in [-0.4, -0.2) is 81.3 Å². The van der Waals surface area contributed by atoms with Gasteiger partial charge < -0.3 is 34.9 Å². The second kappa shape index (κ2) is 14.4. The Morgan fingerprint density at radius 1 is 1.23 bits per heavy atom. The van der Waals surface area contributed by atoms with Crippen molar-refractivity contribution in [3.8, 4) is 11.8 Å². The van der Waals surface area contributed by atoms with Gasteiger partial charge in [0.25, 0.3) is 0 Å². The molecule has 0 radical (unpaired) electrons. The maximum absolute atomic E-state index is 14.5. The first-order valence-corrected chi connectivity index (χ1v) is 13.1. The van der Waals surface area contributed by atoms with Crippen molar-refractivity contribution >= 4 is 29.1 Å². The summed E-state index contributed by atoms with van der Waals surface area (Å²) in [6, 6.07) is 6.69. The zero-order valence-corrected chi connectivity index (χ0v) is 22.0. The van der Waals surface area contributed by atoms with E-state index in [0.29, 0.717) is 41.3 Å². The molecule has 2 fully saturated rings. The molecule has 2 aliphatic rings. The lowest BCUT2D eigenvalue weighted by Crippen LogP contribution is -2.33. The summed E-state index contributed by atoms with van der Waals surface area (Å²) in [5.41, 5.74) is 0.551. The van der Waals surface area contributed by atoms with Crippen LogP contribution >= 0.6 is 0 Å². The molecule has 3 N–H and O–H groups in total. The number of pyridine rings is 2. The van der Waals surface area contributed by atoms with E-state index in [4.69, 9.17) is 24.2 Å². The summed E-state index contributed by atoms with van der Waals surface area (Å²) in [7, 11) is 1.26. The number of esters is 1. The van der Waals surface area contributed by atoms with Gasteiger partial charge in [-0.1, -0.05) is 0 Å². The Hall–Kier alpha value is -3.73. The maximum Gasteiger partial charge on any atom is 0.323 e. The lowest BCUT2D eigenvalue weighted by Gasteiger charge is -2.26. The van der Waals surface area contributed by atoms with Gasteiger partial charge in [0.15, 0.2) is 17.4 Å². The first-order chi connectivity index (χ1) is 19.0. The molecular weight excluding hydrogens is 509 g/mol. The Kier molecular flexibility index (Phi) is 10.5. The fourth-order valence-electron chi connectivity index (χ4n) is 4.22. The van der Waals surface area contributed by atoms with Gasteiger partial charge in [0, 0.05) is 38.6 Å². The highest BCUT2D eigenvalue weighted by atomic mass is 19.2. The van der Waals surface area contributed by atoms with Gasteiger partial charge in [-0.25, -0.2) is 15.1 Å². The van der Waals surface area contributed by atoms with E-state index in [1.165, 1.54) is 13.2 Å². The van der Waals surface area contributed by atoms with Crippen LogP contribution in [0.25, 0.3) is 0 Å². The number of nitriles is 1. The fourth-order valence-corrected chi connectivity index (χ4v) is 4.22. The number of carbonyl (C=O) groups is 1. The molecule has 4 heterocycles. The van der Waals surface area contributed by atoms with Crippen LogP contribution in [0.5, 0.6) is 5.75 Å². The predicted molar refractivity (Wildman–Crippen MR) is 142 cm³/mol. The van der Waals surface area contributed by atoms with Crippen LogP contribution < -0.4 is 25.8 Å². The normalized spacial score (nSPS) is 17.3. The standard InChI is InChI=1S/C26H34FN7O5/c1-34(27)21-15-22(38-13-11-37-12-14-39-26(35)20-3-2-8-29-20)25(31-19-6-9-36-10-7-19)33-24(21)32-23-5-4-18(16-28)17-30-23/h4-5,15,17,19-20,29H,2-3,6-14H2,1H3,(H2,30,31,32,33)/t20-/m0/s1. The number of anilines is 4. The van der Waals surface area contributed by atoms with E-state index in [2.05, 4.69) is 25.9 Å². The summed E-state index contributed by atoms with van der Waals surface area (Å²) in [6.45, 7) is 2.93. The van der Waals surface area contributed by atoms with Crippen LogP contribution in [0.2, 0.25) is 0 Å². The van der Waals surface area contributed by atoms with Gasteiger partial charge in [-0.2, -0.15) is 5.26 Å². The molecule has 0 bridgehead atoms. The highest BCUT2D eigenvalue weighted by molar-refractivity contribution is 5.76. The van der Waals surface area contributed by atoms with Gasteiger partial charge in [-0.3, -0.25) is 4.79 Å². The van der Waals surface area contributed by atoms with Gasteiger partial charge in [-0.15, -0.1) is 4.48 Å². The van der Waals surface area contributed by atoms with Crippen molar-refractivity contribution in [2.24, 2.45) is 0 Å². The second-order valence-electron chi connectivity index (χ2n) is 9.16. The Morgan fingerprint density at radius 3 is 2.74 bits per heavy atom. The largest absolute Gasteiger partial charge is 0.487 e. The molecule has 210 valence electrons. The fraction of sp³-hybridized carbons (Fsp3) is 0.538. The molecule has 0 aromatic carbocycles. The summed E-state index contributed by atoms with van der Waals surface area (Å²) >= 11 is 0. The summed E-state index contributed by atoms with van der Waals surface area (Å²) in [5.74, 6) is 1.19. The SMILES string of the molecule is CN(F)c1cc(OCCOCCOC(=O)[C@@H]2CCCN2)c(NC2CCOCC2)nc1Nc1ccc(C#N)cn1. The molecule has 2 aromatic rings. The van der Waals surface area contributed by atoms with Crippen molar-refractivity contribution in [3.05, 3.63) is 30.0 Å². The zero-order chi connectivity index (χ0) is 27.5. The summed E-state index contributed by atoms with van der Waals surface area (Å²) in [5, 5.41) is 19.0. The number of ether oxygens (including phenoxy) is 4.